The number of benzene rings is 4. The Balaban J connectivity index is 1.56. The smallest absolute Gasteiger partial charge is 0.416 e. The fourth-order valence-electron chi connectivity index (χ4n) is 4.53. The second-order valence-electron chi connectivity index (χ2n) is 10.2. The van der Waals surface area contributed by atoms with Crippen molar-refractivity contribution in [3.05, 3.63) is 130 Å². The normalized spacial score (nSPS) is 13.0. The van der Waals surface area contributed by atoms with Crippen molar-refractivity contribution in [2.75, 3.05) is 0 Å². The average molecular weight is 637 g/mol. The van der Waals surface area contributed by atoms with Crippen LogP contribution in [0.5, 0.6) is 5.75 Å². The lowest BCUT2D eigenvalue weighted by Gasteiger charge is -2.20. The minimum absolute atomic E-state index is 0.0122. The highest BCUT2D eigenvalue weighted by Gasteiger charge is 2.32. The number of aromatic carboxylic acids is 1. The first-order valence-electron chi connectivity index (χ1n) is 13.2. The Bertz CT molecular complexity index is 1710. The molecule has 0 saturated heterocycles. The number of aryl methyl sites for hydroxylation is 1. The molecular weight excluding hydrogens is 610 g/mol. The molecule has 4 rings (SSSR count). The van der Waals surface area contributed by atoms with Crippen LogP contribution in [0.4, 0.5) is 26.3 Å². The summed E-state index contributed by atoms with van der Waals surface area (Å²) >= 11 is 0. The molecule has 4 aromatic rings. The van der Waals surface area contributed by atoms with Crippen LogP contribution in [-0.4, -0.2) is 24.7 Å². The molecule has 232 valence electrons. The summed E-state index contributed by atoms with van der Waals surface area (Å²) in [5.74, 6) is -0.925. The Labute approximate surface area is 249 Å². The van der Waals surface area contributed by atoms with Crippen LogP contribution in [0.2, 0.25) is 0 Å². The third-order valence-electron chi connectivity index (χ3n) is 7.02. The number of carboxylic acid groups (broad SMARTS) is 1. The first-order valence-corrected chi connectivity index (χ1v) is 14.7. The Morgan fingerprint density at radius 3 is 1.64 bits per heavy atom. The monoisotopic (exact) mass is 636 g/mol. The van der Waals surface area contributed by atoms with Gasteiger partial charge >= 0.3 is 18.3 Å². The van der Waals surface area contributed by atoms with Gasteiger partial charge in [0.15, 0.2) is 9.84 Å². The van der Waals surface area contributed by atoms with Crippen molar-refractivity contribution in [2.45, 2.75) is 48.9 Å². The maximum atomic E-state index is 13.8. The average Bonchev–Trinajstić information content (AvgIpc) is 2.96. The molecular formula is C32H26F6O5S. The highest BCUT2D eigenvalue weighted by atomic mass is 32.2. The zero-order valence-corrected chi connectivity index (χ0v) is 23.9. The molecule has 4 aromatic carbocycles. The fraction of sp³-hybridized carbons (Fsp3) is 0.219. The van der Waals surface area contributed by atoms with Crippen LogP contribution in [0.3, 0.4) is 0 Å². The third kappa shape index (κ3) is 7.98. The third-order valence-corrected chi connectivity index (χ3v) is 9.15. The number of carboxylic acids is 1. The summed E-state index contributed by atoms with van der Waals surface area (Å²) in [5, 5.41) is 8.34. The largest absolute Gasteiger partial charge is 0.489 e. The number of carbonyl (C=O) groups is 1. The van der Waals surface area contributed by atoms with E-state index in [1.807, 2.05) is 0 Å². The summed E-state index contributed by atoms with van der Waals surface area (Å²) < 4.78 is 111. The number of rotatable bonds is 10. The highest BCUT2D eigenvalue weighted by molar-refractivity contribution is 7.92. The molecule has 0 heterocycles. The molecule has 0 amide bonds. The molecule has 0 aliphatic heterocycles. The number of sulfone groups is 1. The fourth-order valence-corrected chi connectivity index (χ4v) is 6.27. The molecule has 0 spiro atoms. The summed E-state index contributed by atoms with van der Waals surface area (Å²) in [4.78, 5) is 11.4. The van der Waals surface area contributed by atoms with Gasteiger partial charge in [-0.3, -0.25) is 0 Å². The van der Waals surface area contributed by atoms with Crippen LogP contribution in [0.15, 0.2) is 95.9 Å². The van der Waals surface area contributed by atoms with Gasteiger partial charge < -0.3 is 9.84 Å². The number of hydrogen-bond donors (Lipinski definition) is 1. The minimum Gasteiger partial charge on any atom is -0.489 e. The van der Waals surface area contributed by atoms with E-state index in [0.29, 0.717) is 28.0 Å². The van der Waals surface area contributed by atoms with Gasteiger partial charge in [0.1, 0.15) is 12.4 Å². The molecule has 1 atom stereocenters. The molecule has 12 heteroatoms. The van der Waals surface area contributed by atoms with Gasteiger partial charge in [-0.05, 0) is 90.6 Å². The van der Waals surface area contributed by atoms with Gasteiger partial charge in [-0.2, -0.15) is 26.3 Å². The van der Waals surface area contributed by atoms with Crippen LogP contribution in [0, 0.1) is 6.92 Å². The predicted molar refractivity (Wildman–Crippen MR) is 150 cm³/mol. The molecule has 0 aromatic heterocycles. The lowest BCUT2D eigenvalue weighted by Crippen LogP contribution is -2.27. The molecule has 44 heavy (non-hydrogen) atoms. The Morgan fingerprint density at radius 2 is 1.18 bits per heavy atom. The Kier molecular flexibility index (Phi) is 9.43. The van der Waals surface area contributed by atoms with Crippen LogP contribution >= 0.6 is 0 Å². The standard InChI is InChI=1S/C32H26F6O5S/c1-20-2-15-27(18-29(20)30(39)40)44(41,42)28(16-21-3-9-24(10-4-21)31(33,34)35)17-22-7-13-26(14-8-22)43-19-23-5-11-25(12-6-23)32(36,37)38/h2-15,18,28H,16-17,19H2,1H3,(H,39,40). The van der Waals surface area contributed by atoms with Crippen LogP contribution in [0.1, 0.15) is 43.7 Å². The quantitative estimate of drug-likeness (QED) is 0.179. The van der Waals surface area contributed by atoms with E-state index in [2.05, 4.69) is 0 Å². The zero-order valence-electron chi connectivity index (χ0n) is 23.1. The molecule has 0 aliphatic carbocycles. The number of halogens is 6. The molecule has 1 unspecified atom stereocenters. The van der Waals surface area contributed by atoms with Crippen molar-refractivity contribution in [1.29, 1.82) is 0 Å². The molecule has 5 nitrogen and oxygen atoms in total. The molecule has 0 bridgehead atoms. The van der Waals surface area contributed by atoms with Gasteiger partial charge in [-0.15, -0.1) is 0 Å². The van der Waals surface area contributed by atoms with Gasteiger partial charge in [0.2, 0.25) is 0 Å². The van der Waals surface area contributed by atoms with E-state index in [1.165, 1.54) is 43.3 Å². The predicted octanol–water partition coefficient (Wildman–Crippen LogP) is 7.94. The summed E-state index contributed by atoms with van der Waals surface area (Å²) in [6.07, 6.45) is -9.22. The molecule has 0 radical (unpaired) electrons. The molecule has 1 N–H and O–H groups in total. The summed E-state index contributed by atoms with van der Waals surface area (Å²) in [6, 6.07) is 18.8. The number of hydrogen-bond acceptors (Lipinski definition) is 4. The van der Waals surface area contributed by atoms with Gasteiger partial charge in [-0.25, -0.2) is 13.2 Å². The van der Waals surface area contributed by atoms with E-state index in [4.69, 9.17) is 4.74 Å². The van der Waals surface area contributed by atoms with Crippen molar-refractivity contribution in [2.24, 2.45) is 0 Å². The first kappa shape index (κ1) is 32.6. The Hall–Kier alpha value is -4.32. The topological polar surface area (TPSA) is 80.7 Å². The van der Waals surface area contributed by atoms with Crippen molar-refractivity contribution in [3.8, 4) is 5.75 Å². The van der Waals surface area contributed by atoms with E-state index in [0.717, 1.165) is 30.3 Å². The van der Waals surface area contributed by atoms with E-state index in [1.54, 1.807) is 24.3 Å². The zero-order chi connectivity index (χ0) is 32.3. The first-order chi connectivity index (χ1) is 20.5. The van der Waals surface area contributed by atoms with Gasteiger partial charge in [0.05, 0.1) is 26.8 Å². The van der Waals surface area contributed by atoms with E-state index in [9.17, 15) is 44.7 Å². The number of ether oxygens (including phenoxy) is 1. The summed E-state index contributed by atoms with van der Waals surface area (Å²) in [5.41, 5.74) is -0.0832. The minimum atomic E-state index is -4.56. The van der Waals surface area contributed by atoms with Crippen molar-refractivity contribution < 1.29 is 49.4 Å². The molecule has 0 fully saturated rings. The van der Waals surface area contributed by atoms with Crippen molar-refractivity contribution in [3.63, 3.8) is 0 Å². The highest BCUT2D eigenvalue weighted by Crippen LogP contribution is 2.31. The van der Waals surface area contributed by atoms with Gasteiger partial charge in [-0.1, -0.05) is 42.5 Å². The second kappa shape index (κ2) is 12.7. The van der Waals surface area contributed by atoms with E-state index < -0.39 is 44.5 Å². The van der Waals surface area contributed by atoms with Crippen molar-refractivity contribution in [1.82, 2.24) is 0 Å². The number of alkyl halides is 6. The van der Waals surface area contributed by atoms with Crippen LogP contribution in [0.25, 0.3) is 0 Å². The lowest BCUT2D eigenvalue weighted by atomic mass is 10.0. The molecule has 0 aliphatic rings. The Morgan fingerprint density at radius 1 is 0.727 bits per heavy atom. The summed E-state index contributed by atoms with van der Waals surface area (Å²) in [6.45, 7) is 1.52. The van der Waals surface area contributed by atoms with Gasteiger partial charge in [0.25, 0.3) is 0 Å². The van der Waals surface area contributed by atoms with Crippen LogP contribution < -0.4 is 4.74 Å². The van der Waals surface area contributed by atoms with Gasteiger partial charge in [0, 0.05) is 0 Å². The van der Waals surface area contributed by atoms with Crippen molar-refractivity contribution >= 4 is 15.8 Å². The van der Waals surface area contributed by atoms with E-state index in [-0.39, 0.29) is 29.9 Å². The maximum Gasteiger partial charge on any atom is 0.416 e. The van der Waals surface area contributed by atoms with Crippen LogP contribution in [-0.2, 0) is 41.6 Å². The lowest BCUT2D eigenvalue weighted by molar-refractivity contribution is -0.138. The van der Waals surface area contributed by atoms with E-state index >= 15 is 0 Å². The summed E-state index contributed by atoms with van der Waals surface area (Å²) in [7, 11) is -4.18. The maximum absolute atomic E-state index is 13.8. The second-order valence-corrected chi connectivity index (χ2v) is 12.4. The molecule has 0 saturated carbocycles. The SMILES string of the molecule is Cc1ccc(S(=O)(=O)C(Cc2ccc(OCc3ccc(C(F)(F)F)cc3)cc2)Cc2ccc(C(F)(F)F)cc2)cc1C(=O)O.